The van der Waals surface area contributed by atoms with Crippen molar-refractivity contribution in [3.63, 3.8) is 0 Å². The van der Waals surface area contributed by atoms with E-state index < -0.39 is 28.9 Å². The molecule has 3 aromatic rings. The molecule has 0 spiro atoms. The minimum Gasteiger partial charge on any atom is -0.508 e. The molecule has 0 saturated heterocycles. The highest BCUT2D eigenvalue weighted by molar-refractivity contribution is 5.88. The van der Waals surface area contributed by atoms with Gasteiger partial charge in [-0.25, -0.2) is 4.79 Å². The first kappa shape index (κ1) is 20.9. The molecule has 0 radical (unpaired) electrons. The summed E-state index contributed by atoms with van der Waals surface area (Å²) in [5.41, 5.74) is 4.41. The molecular weight excluding hydrogens is 394 g/mol. The van der Waals surface area contributed by atoms with E-state index in [0.717, 1.165) is 12.1 Å². The first-order valence-electron chi connectivity index (χ1n) is 7.71. The second-order valence-corrected chi connectivity index (χ2v) is 5.84. The first-order chi connectivity index (χ1) is 12.7. The third-order valence-corrected chi connectivity index (χ3v) is 3.74. The first-order valence-corrected chi connectivity index (χ1v) is 7.71. The fraction of sp³-hybridized carbons (Fsp3) is 0.111. The predicted octanol–water partition coefficient (Wildman–Crippen LogP) is 1.96. The number of hydrogen-bond acceptors (Lipinski definition) is 9. The normalized spacial score (nSPS) is 11.6. The predicted molar refractivity (Wildman–Crippen MR) is 101 cm³/mol. The molecule has 0 aliphatic rings. The third kappa shape index (κ3) is 3.66. The molecule has 3 rings (SSSR count). The number of phenolic OH excluding ortho intramolecular Hbond substituents is 3. The molecule has 9 nitrogen and oxygen atoms in total. The van der Waals surface area contributed by atoms with Crippen LogP contribution in [0.3, 0.4) is 0 Å². The van der Waals surface area contributed by atoms with Crippen LogP contribution in [0.2, 0.25) is 0 Å². The topological polar surface area (TPSA) is 163 Å². The summed E-state index contributed by atoms with van der Waals surface area (Å²) in [5, 5.41) is 39.1. The molecule has 0 bridgehead atoms. The van der Waals surface area contributed by atoms with Gasteiger partial charge in [-0.05, 0) is 25.1 Å². The van der Waals surface area contributed by atoms with Crippen molar-refractivity contribution in [2.45, 2.75) is 13.0 Å². The Morgan fingerprint density at radius 3 is 2.43 bits per heavy atom. The maximum atomic E-state index is 12.4. The molecule has 2 aromatic carbocycles. The van der Waals surface area contributed by atoms with Crippen molar-refractivity contribution in [3.05, 3.63) is 40.6 Å². The van der Waals surface area contributed by atoms with Gasteiger partial charge < -0.3 is 35.3 Å². The molecule has 0 amide bonds. The Labute approximate surface area is 163 Å². The zero-order valence-electron chi connectivity index (χ0n) is 14.4. The average molecular weight is 410 g/mol. The largest absolute Gasteiger partial charge is 0.508 e. The number of rotatable bonds is 3. The molecule has 1 atom stereocenters. The number of hydrogen-bond donors (Lipinski definition) is 5. The summed E-state index contributed by atoms with van der Waals surface area (Å²) < 4.78 is 10.4. The number of carbonyl (C=O) groups is 1. The van der Waals surface area contributed by atoms with Crippen LogP contribution in [-0.4, -0.2) is 32.4 Å². The smallest absolute Gasteiger partial charge is 0.328 e. The Kier molecular flexibility index (Phi) is 5.72. The quantitative estimate of drug-likeness (QED) is 0.321. The van der Waals surface area contributed by atoms with Crippen LogP contribution >= 0.6 is 12.4 Å². The summed E-state index contributed by atoms with van der Waals surface area (Å²) in [5.74, 6) is -3.45. The summed E-state index contributed by atoms with van der Waals surface area (Å²) >= 11 is 0. The second-order valence-electron chi connectivity index (χ2n) is 5.84. The van der Waals surface area contributed by atoms with Gasteiger partial charge in [0.2, 0.25) is 11.2 Å². The highest BCUT2D eigenvalue weighted by atomic mass is 35.5. The van der Waals surface area contributed by atoms with Gasteiger partial charge >= 0.3 is 5.97 Å². The number of ether oxygens (including phenoxy) is 1. The Bertz CT molecular complexity index is 1120. The van der Waals surface area contributed by atoms with Crippen molar-refractivity contribution in [2.75, 3.05) is 0 Å². The molecule has 28 heavy (non-hydrogen) atoms. The number of aromatic hydroxyl groups is 4. The monoisotopic (exact) mass is 409 g/mol. The summed E-state index contributed by atoms with van der Waals surface area (Å²) in [6, 6.07) is 4.74. The molecule has 1 aromatic heterocycles. The molecule has 0 saturated carbocycles. The van der Waals surface area contributed by atoms with E-state index in [1.165, 1.54) is 25.1 Å². The lowest BCUT2D eigenvalue weighted by Gasteiger charge is -2.11. The van der Waals surface area contributed by atoms with Gasteiger partial charge in [-0.1, -0.05) is 0 Å². The van der Waals surface area contributed by atoms with E-state index in [-0.39, 0.29) is 51.9 Å². The van der Waals surface area contributed by atoms with Crippen LogP contribution in [0.4, 0.5) is 0 Å². The summed E-state index contributed by atoms with van der Waals surface area (Å²) in [4.78, 5) is 24.0. The van der Waals surface area contributed by atoms with Crippen molar-refractivity contribution in [1.82, 2.24) is 0 Å². The van der Waals surface area contributed by atoms with Gasteiger partial charge in [0.25, 0.3) is 0 Å². The van der Waals surface area contributed by atoms with E-state index in [2.05, 4.69) is 0 Å². The number of fused-ring (bicyclic) bond motifs is 1. The Morgan fingerprint density at radius 2 is 1.79 bits per heavy atom. The van der Waals surface area contributed by atoms with Gasteiger partial charge in [0.1, 0.15) is 28.5 Å². The van der Waals surface area contributed by atoms with Gasteiger partial charge in [-0.3, -0.25) is 4.79 Å². The fourth-order valence-electron chi connectivity index (χ4n) is 2.41. The van der Waals surface area contributed by atoms with Crippen molar-refractivity contribution < 1.29 is 34.4 Å². The van der Waals surface area contributed by atoms with E-state index in [9.17, 15) is 30.0 Å². The van der Waals surface area contributed by atoms with E-state index in [0.29, 0.717) is 0 Å². The highest BCUT2D eigenvalue weighted by Crippen LogP contribution is 2.38. The molecule has 148 valence electrons. The van der Waals surface area contributed by atoms with Crippen molar-refractivity contribution in [1.29, 1.82) is 0 Å². The van der Waals surface area contributed by atoms with Gasteiger partial charge in [0.05, 0.1) is 0 Å². The maximum absolute atomic E-state index is 12.4. The van der Waals surface area contributed by atoms with Gasteiger partial charge in [-0.2, -0.15) is 0 Å². The summed E-state index contributed by atoms with van der Waals surface area (Å²) in [6.45, 7) is 1.40. The Balaban J connectivity index is 0.00000280. The Hall–Kier alpha value is -3.43. The lowest BCUT2D eigenvalue weighted by atomic mass is 10.1. The number of benzene rings is 2. The van der Waals surface area contributed by atoms with Gasteiger partial charge in [0, 0.05) is 17.7 Å². The summed E-state index contributed by atoms with van der Waals surface area (Å²) in [7, 11) is 0. The standard InChI is InChI=1S/C18H15NO8.ClH/c1-7(19)18(25)27-12-4-8(2-3-10(12)21)17-16(24)15(23)14-11(22)5-9(20)6-13(14)26-17;/h2-7,20-22,24H,19H2,1H3;1H/t7-;/m1./s1. The van der Waals surface area contributed by atoms with Crippen LogP contribution in [0.5, 0.6) is 28.7 Å². The van der Waals surface area contributed by atoms with Crippen molar-refractivity contribution >= 4 is 29.3 Å². The van der Waals surface area contributed by atoms with Crippen LogP contribution < -0.4 is 15.9 Å². The molecule has 0 aliphatic heterocycles. The zero-order chi connectivity index (χ0) is 19.9. The number of esters is 1. The number of carbonyl (C=O) groups excluding carboxylic acids is 1. The minimum atomic E-state index is -0.939. The van der Waals surface area contributed by atoms with Crippen LogP contribution in [-0.2, 0) is 4.79 Å². The van der Waals surface area contributed by atoms with Crippen LogP contribution in [0, 0.1) is 0 Å². The second kappa shape index (κ2) is 7.67. The van der Waals surface area contributed by atoms with Crippen LogP contribution in [0.25, 0.3) is 22.3 Å². The molecule has 0 fully saturated rings. The van der Waals surface area contributed by atoms with Crippen LogP contribution in [0.15, 0.2) is 39.5 Å². The van der Waals surface area contributed by atoms with Crippen LogP contribution in [0.1, 0.15) is 6.92 Å². The fourth-order valence-corrected chi connectivity index (χ4v) is 2.41. The molecule has 10 heteroatoms. The molecule has 1 heterocycles. The van der Waals surface area contributed by atoms with Gasteiger partial charge in [0.15, 0.2) is 17.3 Å². The van der Waals surface area contributed by atoms with Crippen molar-refractivity contribution in [2.24, 2.45) is 5.73 Å². The lowest BCUT2D eigenvalue weighted by molar-refractivity contribution is -0.135. The number of nitrogens with two attached hydrogens (primary N) is 1. The number of halogens is 1. The minimum absolute atomic E-state index is 0. The van der Waals surface area contributed by atoms with E-state index in [1.807, 2.05) is 0 Å². The molecular formula is C18H16ClNO8. The molecule has 6 N–H and O–H groups in total. The Morgan fingerprint density at radius 1 is 1.11 bits per heavy atom. The van der Waals surface area contributed by atoms with E-state index in [4.69, 9.17) is 14.9 Å². The average Bonchev–Trinajstić information content (AvgIpc) is 2.59. The number of phenols is 3. The van der Waals surface area contributed by atoms with E-state index in [1.54, 1.807) is 0 Å². The highest BCUT2D eigenvalue weighted by Gasteiger charge is 2.21. The SMILES string of the molecule is C[C@@H](N)C(=O)Oc1cc(-c2oc3cc(O)cc(O)c3c(=O)c2O)ccc1O.Cl. The molecule has 0 aliphatic carbocycles. The lowest BCUT2D eigenvalue weighted by Crippen LogP contribution is -2.30. The van der Waals surface area contributed by atoms with Gasteiger partial charge in [-0.15, -0.1) is 12.4 Å². The third-order valence-electron chi connectivity index (χ3n) is 3.74. The van der Waals surface area contributed by atoms with Crippen molar-refractivity contribution in [3.8, 4) is 40.1 Å². The summed E-state index contributed by atoms with van der Waals surface area (Å²) in [6.07, 6.45) is 0. The maximum Gasteiger partial charge on any atom is 0.328 e. The zero-order valence-corrected chi connectivity index (χ0v) is 15.2. The van der Waals surface area contributed by atoms with E-state index >= 15 is 0 Å². The molecule has 0 unspecified atom stereocenters.